The van der Waals surface area contributed by atoms with E-state index in [2.05, 4.69) is 15.2 Å². The number of nitrogens with one attached hydrogen (secondary N) is 1. The maximum absolute atomic E-state index is 13.4. The van der Waals surface area contributed by atoms with Crippen molar-refractivity contribution in [3.8, 4) is 0 Å². The number of pyridine rings is 1. The predicted molar refractivity (Wildman–Crippen MR) is 99.9 cm³/mol. The van der Waals surface area contributed by atoms with Crippen molar-refractivity contribution < 1.29 is 18.3 Å². The molecular weight excluding hydrogens is 366 g/mol. The van der Waals surface area contributed by atoms with Crippen LogP contribution in [-0.2, 0) is 11.3 Å². The van der Waals surface area contributed by atoms with Gasteiger partial charge in [-0.15, -0.1) is 0 Å². The molecule has 2 fully saturated rings. The number of anilines is 1. The van der Waals surface area contributed by atoms with Crippen LogP contribution in [0.2, 0.25) is 0 Å². The summed E-state index contributed by atoms with van der Waals surface area (Å²) in [5, 5.41) is 2.63. The molecule has 1 N–H and O–H groups in total. The minimum absolute atomic E-state index is 0.0748. The van der Waals surface area contributed by atoms with Crippen molar-refractivity contribution in [1.82, 2.24) is 14.8 Å². The Morgan fingerprint density at radius 1 is 1.25 bits per heavy atom. The molecule has 2 aliphatic heterocycles. The molecule has 3 heterocycles. The number of ether oxygens (including phenoxy) is 1. The number of amides is 2. The number of carbonyl (C=O) groups excluding carboxylic acids is 1. The van der Waals surface area contributed by atoms with Crippen LogP contribution in [0, 0.1) is 18.6 Å². The van der Waals surface area contributed by atoms with E-state index in [1.807, 2.05) is 25.1 Å². The first-order valence-corrected chi connectivity index (χ1v) is 9.29. The van der Waals surface area contributed by atoms with Crippen molar-refractivity contribution in [1.29, 1.82) is 0 Å². The summed E-state index contributed by atoms with van der Waals surface area (Å²) in [6, 6.07) is 8.99. The van der Waals surface area contributed by atoms with E-state index in [9.17, 15) is 13.6 Å². The first-order chi connectivity index (χ1) is 13.5. The highest BCUT2D eigenvalue weighted by Crippen LogP contribution is 2.25. The summed E-state index contributed by atoms with van der Waals surface area (Å²) >= 11 is 0. The minimum atomic E-state index is -0.993. The van der Waals surface area contributed by atoms with Gasteiger partial charge in [0, 0.05) is 37.1 Å². The summed E-state index contributed by atoms with van der Waals surface area (Å²) in [6.07, 6.45) is -0.0748. The molecule has 148 valence electrons. The van der Waals surface area contributed by atoms with Crippen molar-refractivity contribution in [3.63, 3.8) is 0 Å². The Morgan fingerprint density at radius 3 is 2.89 bits per heavy atom. The van der Waals surface area contributed by atoms with Crippen LogP contribution in [0.4, 0.5) is 19.3 Å². The zero-order valence-electron chi connectivity index (χ0n) is 15.6. The summed E-state index contributed by atoms with van der Waals surface area (Å²) in [6.45, 7) is 5.00. The second-order valence-corrected chi connectivity index (χ2v) is 7.18. The summed E-state index contributed by atoms with van der Waals surface area (Å²) in [4.78, 5) is 21.1. The van der Waals surface area contributed by atoms with Crippen LogP contribution < -0.4 is 5.32 Å². The fourth-order valence-corrected chi connectivity index (χ4v) is 3.79. The van der Waals surface area contributed by atoms with Crippen LogP contribution in [0.3, 0.4) is 0 Å². The number of nitrogens with zero attached hydrogens (tertiary/aromatic N) is 3. The van der Waals surface area contributed by atoms with Crippen LogP contribution in [0.25, 0.3) is 0 Å². The molecule has 2 amide bonds. The fourth-order valence-electron chi connectivity index (χ4n) is 3.79. The Morgan fingerprint density at radius 2 is 2.11 bits per heavy atom. The third-order valence-corrected chi connectivity index (χ3v) is 5.19. The molecule has 6 nitrogen and oxygen atoms in total. The SMILES string of the molecule is Cc1cccc(CN2CCO[C@H]3CN(C(=O)Nc4ccc(F)c(F)c4)C[C@@H]32)n1. The van der Waals surface area contributed by atoms with Gasteiger partial charge in [-0.25, -0.2) is 13.6 Å². The fraction of sp³-hybridized carbons (Fsp3) is 0.400. The first-order valence-electron chi connectivity index (χ1n) is 9.29. The van der Waals surface area contributed by atoms with E-state index in [0.717, 1.165) is 30.1 Å². The standard InChI is InChI=1S/C20H22F2N4O2/c1-13-3-2-4-15(23-13)10-25-7-8-28-19-12-26(11-18(19)25)20(27)24-14-5-6-16(21)17(22)9-14/h2-6,9,18-19H,7-8,10-12H2,1H3,(H,24,27)/t18-,19-/m0/s1. The average molecular weight is 388 g/mol. The Kier molecular flexibility index (Phi) is 5.23. The third kappa shape index (κ3) is 3.98. The number of urea groups is 1. The van der Waals surface area contributed by atoms with Gasteiger partial charge in [0.1, 0.15) is 0 Å². The summed E-state index contributed by atoms with van der Waals surface area (Å²) in [5.41, 5.74) is 2.19. The van der Waals surface area contributed by atoms with Crippen LogP contribution in [-0.4, -0.2) is 59.2 Å². The Labute approximate surface area is 162 Å². The maximum Gasteiger partial charge on any atom is 0.321 e. The lowest BCUT2D eigenvalue weighted by Gasteiger charge is -2.36. The van der Waals surface area contributed by atoms with Gasteiger partial charge in [0.25, 0.3) is 0 Å². The van der Waals surface area contributed by atoms with Gasteiger partial charge in [-0.1, -0.05) is 6.07 Å². The number of aryl methyl sites for hydroxylation is 1. The highest BCUT2D eigenvalue weighted by molar-refractivity contribution is 5.89. The smallest absolute Gasteiger partial charge is 0.321 e. The van der Waals surface area contributed by atoms with Crippen molar-refractivity contribution in [3.05, 3.63) is 59.4 Å². The number of hydrogen-bond donors (Lipinski definition) is 1. The third-order valence-electron chi connectivity index (χ3n) is 5.19. The topological polar surface area (TPSA) is 57.7 Å². The number of aromatic nitrogens is 1. The van der Waals surface area contributed by atoms with E-state index in [1.54, 1.807) is 4.90 Å². The van der Waals surface area contributed by atoms with Gasteiger partial charge >= 0.3 is 6.03 Å². The lowest BCUT2D eigenvalue weighted by Crippen LogP contribution is -2.50. The van der Waals surface area contributed by atoms with Gasteiger partial charge < -0.3 is 15.0 Å². The summed E-state index contributed by atoms with van der Waals surface area (Å²) in [7, 11) is 0. The first kappa shape index (κ1) is 18.8. The normalized spacial score (nSPS) is 22.2. The number of morpholine rings is 1. The number of carbonyl (C=O) groups is 1. The average Bonchev–Trinajstić information content (AvgIpc) is 3.10. The van der Waals surface area contributed by atoms with Gasteiger partial charge in [-0.05, 0) is 31.2 Å². The molecule has 2 saturated heterocycles. The van der Waals surface area contributed by atoms with E-state index in [4.69, 9.17) is 4.74 Å². The number of hydrogen-bond acceptors (Lipinski definition) is 4. The van der Waals surface area contributed by atoms with Crippen LogP contribution in [0.15, 0.2) is 36.4 Å². The molecule has 0 spiro atoms. The Bertz CT molecular complexity index is 879. The number of likely N-dealkylation sites (tertiary alicyclic amines) is 1. The zero-order chi connectivity index (χ0) is 19.7. The molecule has 1 aromatic carbocycles. The molecule has 2 aromatic rings. The lowest BCUT2D eigenvalue weighted by molar-refractivity contribution is -0.0507. The van der Waals surface area contributed by atoms with Crippen LogP contribution >= 0.6 is 0 Å². The van der Waals surface area contributed by atoms with Gasteiger partial charge in [0.05, 0.1) is 31.0 Å². The van der Waals surface area contributed by atoms with Crippen molar-refractivity contribution >= 4 is 11.7 Å². The van der Waals surface area contributed by atoms with Gasteiger partial charge in [0.15, 0.2) is 11.6 Å². The highest BCUT2D eigenvalue weighted by Gasteiger charge is 2.41. The second-order valence-electron chi connectivity index (χ2n) is 7.18. The molecule has 8 heteroatoms. The molecule has 0 unspecified atom stereocenters. The Balaban J connectivity index is 1.41. The number of benzene rings is 1. The molecule has 2 atom stereocenters. The minimum Gasteiger partial charge on any atom is -0.373 e. The van der Waals surface area contributed by atoms with Crippen molar-refractivity contribution in [2.45, 2.75) is 25.6 Å². The second kappa shape index (κ2) is 7.81. The van der Waals surface area contributed by atoms with Gasteiger partial charge in [0.2, 0.25) is 0 Å². The van der Waals surface area contributed by atoms with E-state index in [0.29, 0.717) is 26.2 Å². The molecule has 2 aliphatic rings. The quantitative estimate of drug-likeness (QED) is 0.879. The van der Waals surface area contributed by atoms with E-state index in [-0.39, 0.29) is 23.9 Å². The molecule has 0 saturated carbocycles. The van der Waals surface area contributed by atoms with E-state index in [1.165, 1.54) is 6.07 Å². The van der Waals surface area contributed by atoms with Crippen LogP contribution in [0.5, 0.6) is 0 Å². The van der Waals surface area contributed by atoms with Crippen molar-refractivity contribution in [2.75, 3.05) is 31.6 Å². The molecule has 0 aliphatic carbocycles. The van der Waals surface area contributed by atoms with E-state index >= 15 is 0 Å². The largest absolute Gasteiger partial charge is 0.373 e. The molecule has 1 aromatic heterocycles. The summed E-state index contributed by atoms with van der Waals surface area (Å²) < 4.78 is 32.3. The van der Waals surface area contributed by atoms with Crippen molar-refractivity contribution in [2.24, 2.45) is 0 Å². The lowest BCUT2D eigenvalue weighted by atomic mass is 10.1. The monoisotopic (exact) mass is 388 g/mol. The number of halogens is 2. The molecule has 0 bridgehead atoms. The van der Waals surface area contributed by atoms with E-state index < -0.39 is 11.6 Å². The Hall–Kier alpha value is -2.58. The molecule has 4 rings (SSSR count). The van der Waals surface area contributed by atoms with Gasteiger partial charge in [-0.3, -0.25) is 9.88 Å². The number of rotatable bonds is 3. The number of fused-ring (bicyclic) bond motifs is 1. The molecule has 28 heavy (non-hydrogen) atoms. The highest BCUT2D eigenvalue weighted by atomic mass is 19.2. The summed E-state index contributed by atoms with van der Waals surface area (Å²) in [5.74, 6) is -1.94. The van der Waals surface area contributed by atoms with Crippen LogP contribution in [0.1, 0.15) is 11.4 Å². The van der Waals surface area contributed by atoms with Gasteiger partial charge in [-0.2, -0.15) is 0 Å². The molecular formula is C20H22F2N4O2. The maximum atomic E-state index is 13.4. The predicted octanol–water partition coefficient (Wildman–Crippen LogP) is 2.79. The zero-order valence-corrected chi connectivity index (χ0v) is 15.6. The molecule has 0 radical (unpaired) electrons.